The minimum atomic E-state index is -1.55. The molecule has 1 aromatic carbocycles. The number of Topliss-reactive ketones (excluding diaryl/α,β-unsaturated/α-hetero) is 1. The molecule has 3 aliphatic heterocycles. The van der Waals surface area contributed by atoms with Crippen LogP contribution in [0.4, 0.5) is 5.69 Å². The van der Waals surface area contributed by atoms with Crippen LogP contribution in [-0.4, -0.2) is 64.1 Å². The van der Waals surface area contributed by atoms with Crippen molar-refractivity contribution < 1.29 is 28.7 Å². The molecule has 1 aromatic heterocycles. The van der Waals surface area contributed by atoms with Crippen molar-refractivity contribution in [2.24, 2.45) is 0 Å². The summed E-state index contributed by atoms with van der Waals surface area (Å²) in [5.74, 6) is -1.54. The first-order chi connectivity index (χ1) is 17.8. The molecule has 0 bridgehead atoms. The van der Waals surface area contributed by atoms with E-state index in [-0.39, 0.29) is 42.6 Å². The van der Waals surface area contributed by atoms with Gasteiger partial charge in [0, 0.05) is 49.0 Å². The van der Waals surface area contributed by atoms with E-state index in [2.05, 4.69) is 4.57 Å². The van der Waals surface area contributed by atoms with Crippen LogP contribution in [0.3, 0.4) is 0 Å². The summed E-state index contributed by atoms with van der Waals surface area (Å²) in [7, 11) is 0. The number of anilines is 1. The van der Waals surface area contributed by atoms with Gasteiger partial charge in [0.05, 0.1) is 17.4 Å². The number of fused-ring (bicyclic) bond motifs is 3. The van der Waals surface area contributed by atoms with E-state index in [1.807, 2.05) is 19.9 Å². The highest BCUT2D eigenvalue weighted by Gasteiger charge is 2.64. The van der Waals surface area contributed by atoms with Crippen LogP contribution in [0.2, 0.25) is 0 Å². The van der Waals surface area contributed by atoms with Crippen molar-refractivity contribution in [3.05, 3.63) is 52.8 Å². The van der Waals surface area contributed by atoms with Crippen LogP contribution < -0.4 is 4.90 Å². The zero-order chi connectivity index (χ0) is 25.9. The zero-order valence-corrected chi connectivity index (χ0v) is 21.2. The topological polar surface area (TPSA) is 98.1 Å². The van der Waals surface area contributed by atoms with Crippen LogP contribution in [0.25, 0.3) is 0 Å². The van der Waals surface area contributed by atoms with E-state index in [9.17, 15) is 19.2 Å². The maximum Gasteiger partial charge on any atom is 0.354 e. The summed E-state index contributed by atoms with van der Waals surface area (Å²) < 4.78 is 13.5. The van der Waals surface area contributed by atoms with E-state index >= 15 is 0 Å². The van der Waals surface area contributed by atoms with Gasteiger partial charge in [-0.25, -0.2) is 4.79 Å². The molecule has 194 valence electrons. The Bertz CT molecular complexity index is 1300. The van der Waals surface area contributed by atoms with Gasteiger partial charge in [0.2, 0.25) is 17.4 Å². The molecule has 6 rings (SSSR count). The van der Waals surface area contributed by atoms with E-state index < -0.39 is 18.2 Å². The van der Waals surface area contributed by atoms with Crippen LogP contribution in [-0.2, 0) is 25.6 Å². The van der Waals surface area contributed by atoms with Crippen LogP contribution >= 0.6 is 0 Å². The molecule has 2 saturated heterocycles. The lowest BCUT2D eigenvalue weighted by Crippen LogP contribution is -2.69. The Morgan fingerprint density at radius 2 is 1.92 bits per heavy atom. The van der Waals surface area contributed by atoms with E-state index in [0.717, 1.165) is 43.7 Å². The molecule has 4 aliphatic rings. The highest BCUT2D eigenvalue weighted by molar-refractivity contribution is 6.16. The number of carbonyl (C=O) groups excluding carboxylic acids is 4. The van der Waals surface area contributed by atoms with E-state index in [1.54, 1.807) is 29.2 Å². The third kappa shape index (κ3) is 3.70. The number of rotatable bonds is 7. The highest BCUT2D eigenvalue weighted by atomic mass is 16.5. The number of amides is 2. The lowest BCUT2D eigenvalue weighted by Gasteiger charge is -2.48. The summed E-state index contributed by atoms with van der Waals surface area (Å²) in [5.41, 5.74) is 1.54. The smallest absolute Gasteiger partial charge is 0.354 e. The molecule has 2 unspecified atom stereocenters. The molecule has 4 heterocycles. The van der Waals surface area contributed by atoms with Gasteiger partial charge in [-0.2, -0.15) is 0 Å². The predicted octanol–water partition coefficient (Wildman–Crippen LogP) is 3.15. The number of esters is 1. The van der Waals surface area contributed by atoms with Crippen molar-refractivity contribution >= 4 is 29.3 Å². The number of aryl methyl sites for hydroxylation is 1. The monoisotopic (exact) mass is 505 g/mol. The summed E-state index contributed by atoms with van der Waals surface area (Å²) in [6.45, 7) is 4.82. The molecule has 0 N–H and O–H groups in total. The number of ether oxygens (including phenoxy) is 2. The van der Waals surface area contributed by atoms with Gasteiger partial charge in [0.1, 0.15) is 0 Å². The fourth-order valence-corrected chi connectivity index (χ4v) is 6.19. The molecule has 3 fully saturated rings. The molecule has 9 nitrogen and oxygen atoms in total. The van der Waals surface area contributed by atoms with Crippen LogP contribution in [0.5, 0.6) is 0 Å². The third-order valence-electron chi connectivity index (χ3n) is 8.16. The van der Waals surface area contributed by atoms with Gasteiger partial charge in [0.25, 0.3) is 5.91 Å². The number of benzene rings is 1. The number of hydrogen-bond donors (Lipinski definition) is 0. The largest absolute Gasteiger partial charge is 0.454 e. The maximum absolute atomic E-state index is 13.8. The Morgan fingerprint density at radius 3 is 2.65 bits per heavy atom. The van der Waals surface area contributed by atoms with Crippen LogP contribution in [0, 0.1) is 13.8 Å². The molecule has 1 saturated carbocycles. The quantitative estimate of drug-likeness (QED) is 0.424. The molecule has 37 heavy (non-hydrogen) atoms. The SMILES string of the molecule is Cc1cc(C(=O)COC(=O)C23CCC(=O)N2c2ccccc2C(=O)N3C2CC2)c(C)n1CC1CCCO1. The first-order valence-electron chi connectivity index (χ1n) is 13.1. The Morgan fingerprint density at radius 1 is 1.14 bits per heavy atom. The predicted molar refractivity (Wildman–Crippen MR) is 133 cm³/mol. The molecular weight excluding hydrogens is 474 g/mol. The Labute approximate surface area is 215 Å². The van der Waals surface area contributed by atoms with Gasteiger partial charge in [0.15, 0.2) is 6.61 Å². The second kappa shape index (κ2) is 8.83. The van der Waals surface area contributed by atoms with Crippen molar-refractivity contribution in [1.29, 1.82) is 0 Å². The van der Waals surface area contributed by atoms with Crippen molar-refractivity contribution in [1.82, 2.24) is 9.47 Å². The van der Waals surface area contributed by atoms with Crippen molar-refractivity contribution in [2.75, 3.05) is 18.1 Å². The fourth-order valence-electron chi connectivity index (χ4n) is 6.19. The minimum Gasteiger partial charge on any atom is -0.454 e. The van der Waals surface area contributed by atoms with Gasteiger partial charge < -0.3 is 18.9 Å². The standard InChI is InChI=1S/C28H31N3O6/c1-17-14-22(18(2)29(17)15-20-6-5-13-36-20)24(32)16-37-27(35)28-12-11-25(33)31(28)23-8-4-3-7-21(23)26(34)30(28)19-9-10-19/h3-4,7-8,14,19-20H,5-6,9-13,15-16H2,1-2H3. The second-order valence-electron chi connectivity index (χ2n) is 10.5. The van der Waals surface area contributed by atoms with Crippen molar-refractivity contribution in [3.63, 3.8) is 0 Å². The lowest BCUT2D eigenvalue weighted by atomic mass is 9.96. The average molecular weight is 506 g/mol. The average Bonchev–Trinajstić information content (AvgIpc) is 3.34. The molecule has 0 radical (unpaired) electrons. The normalized spacial score (nSPS) is 24.9. The third-order valence-corrected chi connectivity index (χ3v) is 8.16. The van der Waals surface area contributed by atoms with Gasteiger partial charge in [-0.15, -0.1) is 0 Å². The number of aromatic nitrogens is 1. The molecule has 9 heteroatoms. The first kappa shape index (κ1) is 23.9. The number of ketones is 1. The highest BCUT2D eigenvalue weighted by Crippen LogP contribution is 2.49. The van der Waals surface area contributed by atoms with E-state index in [0.29, 0.717) is 23.4 Å². The number of carbonyl (C=O) groups is 4. The Kier molecular flexibility index (Phi) is 5.71. The zero-order valence-electron chi connectivity index (χ0n) is 21.2. The molecule has 2 aromatic rings. The van der Waals surface area contributed by atoms with Crippen LogP contribution in [0.15, 0.2) is 30.3 Å². The summed E-state index contributed by atoms with van der Waals surface area (Å²) in [6, 6.07) is 8.56. The molecule has 2 atom stereocenters. The molecule has 2 amide bonds. The van der Waals surface area contributed by atoms with Gasteiger partial charge >= 0.3 is 5.97 Å². The number of para-hydroxylation sites is 1. The minimum absolute atomic E-state index is 0.123. The number of hydrogen-bond acceptors (Lipinski definition) is 6. The van der Waals surface area contributed by atoms with E-state index in [4.69, 9.17) is 9.47 Å². The van der Waals surface area contributed by atoms with Gasteiger partial charge in [-0.1, -0.05) is 12.1 Å². The van der Waals surface area contributed by atoms with Gasteiger partial charge in [-0.05, 0) is 57.7 Å². The van der Waals surface area contributed by atoms with Gasteiger partial charge in [-0.3, -0.25) is 19.3 Å². The molecule has 0 spiro atoms. The fraction of sp³-hybridized carbons (Fsp3) is 0.500. The molecule has 1 aliphatic carbocycles. The summed E-state index contributed by atoms with van der Waals surface area (Å²) in [4.78, 5) is 56.6. The lowest BCUT2D eigenvalue weighted by molar-refractivity contribution is -0.156. The Hall–Kier alpha value is -3.46. The number of nitrogens with zero attached hydrogens (tertiary/aromatic N) is 3. The Balaban J connectivity index is 1.26. The summed E-state index contributed by atoms with van der Waals surface area (Å²) in [6.07, 6.45) is 3.97. The van der Waals surface area contributed by atoms with E-state index in [1.165, 1.54) is 4.90 Å². The summed E-state index contributed by atoms with van der Waals surface area (Å²) >= 11 is 0. The van der Waals surface area contributed by atoms with Crippen molar-refractivity contribution in [2.45, 2.75) is 76.7 Å². The van der Waals surface area contributed by atoms with Crippen molar-refractivity contribution in [3.8, 4) is 0 Å². The molecular formula is C28H31N3O6. The van der Waals surface area contributed by atoms with Crippen LogP contribution in [0.1, 0.15) is 70.6 Å². The summed E-state index contributed by atoms with van der Waals surface area (Å²) in [5, 5.41) is 0. The second-order valence-corrected chi connectivity index (χ2v) is 10.5. The first-order valence-corrected chi connectivity index (χ1v) is 13.1. The maximum atomic E-state index is 13.8.